The first-order chi connectivity index (χ1) is 13.5. The second-order valence-corrected chi connectivity index (χ2v) is 9.28. The van der Waals surface area contributed by atoms with E-state index in [9.17, 15) is 23.2 Å². The molecule has 152 valence electrons. The van der Waals surface area contributed by atoms with E-state index in [1.807, 2.05) is 0 Å². The number of rotatable bonds is 4. The molecule has 0 aliphatic rings. The van der Waals surface area contributed by atoms with Gasteiger partial charge >= 0.3 is 0 Å². The zero-order valence-electron chi connectivity index (χ0n) is 14.3. The zero-order valence-corrected chi connectivity index (χ0v) is 18.1. The number of phenolic OH excluding ortho intramolecular Hbond substituents is 2. The van der Waals surface area contributed by atoms with Gasteiger partial charge in [0.05, 0.1) is 5.02 Å². The van der Waals surface area contributed by atoms with Gasteiger partial charge in [-0.15, -0.1) is 0 Å². The Morgan fingerprint density at radius 3 is 1.52 bits per heavy atom. The third-order valence-electron chi connectivity index (χ3n) is 4.43. The van der Waals surface area contributed by atoms with Gasteiger partial charge in [0.1, 0.15) is 5.02 Å². The van der Waals surface area contributed by atoms with Gasteiger partial charge in [-0.2, -0.15) is 8.42 Å². The SMILES string of the molecule is O=S(=O)(O)C(c1ccc(Cl)cc1)(c1ccc(Cl)cc1)c1cc(O)c(O)c(Cl)c1Cl. The third kappa shape index (κ3) is 3.65. The van der Waals surface area contributed by atoms with Crippen molar-refractivity contribution >= 4 is 56.5 Å². The Morgan fingerprint density at radius 2 is 1.14 bits per heavy atom. The normalized spacial score (nSPS) is 12.2. The molecule has 0 fully saturated rings. The van der Waals surface area contributed by atoms with Crippen LogP contribution in [0.2, 0.25) is 20.1 Å². The highest BCUT2D eigenvalue weighted by Gasteiger charge is 2.50. The van der Waals surface area contributed by atoms with Gasteiger partial charge in [-0.3, -0.25) is 4.55 Å². The smallest absolute Gasteiger partial charge is 0.283 e. The van der Waals surface area contributed by atoms with Crippen molar-refractivity contribution in [1.82, 2.24) is 0 Å². The minimum Gasteiger partial charge on any atom is -0.504 e. The second kappa shape index (κ2) is 7.87. The second-order valence-electron chi connectivity index (χ2n) is 6.09. The molecule has 0 saturated carbocycles. The number of hydrogen-bond acceptors (Lipinski definition) is 4. The molecule has 0 aromatic heterocycles. The Morgan fingerprint density at radius 1 is 0.724 bits per heavy atom. The molecule has 0 unspecified atom stereocenters. The van der Waals surface area contributed by atoms with Crippen molar-refractivity contribution in [3.8, 4) is 11.5 Å². The van der Waals surface area contributed by atoms with E-state index in [4.69, 9.17) is 46.4 Å². The summed E-state index contributed by atoms with van der Waals surface area (Å²) in [6, 6.07) is 12.2. The van der Waals surface area contributed by atoms with Gasteiger partial charge in [0.15, 0.2) is 16.2 Å². The molecule has 3 aromatic rings. The highest BCUT2D eigenvalue weighted by Crippen LogP contribution is 2.51. The molecule has 0 heterocycles. The molecule has 5 nitrogen and oxygen atoms in total. The minimum atomic E-state index is -5.00. The topological polar surface area (TPSA) is 94.8 Å². The van der Waals surface area contributed by atoms with Gasteiger partial charge in [0.25, 0.3) is 10.1 Å². The summed E-state index contributed by atoms with van der Waals surface area (Å²) >= 11 is 24.2. The summed E-state index contributed by atoms with van der Waals surface area (Å²) in [5.74, 6) is -1.44. The first-order valence-electron chi connectivity index (χ1n) is 7.89. The maximum atomic E-state index is 12.9. The predicted molar refractivity (Wildman–Crippen MR) is 114 cm³/mol. The van der Waals surface area contributed by atoms with Crippen LogP contribution in [0.3, 0.4) is 0 Å². The van der Waals surface area contributed by atoms with Crippen molar-refractivity contribution in [1.29, 1.82) is 0 Å². The molecule has 0 spiro atoms. The lowest BCUT2D eigenvalue weighted by molar-refractivity contribution is 0.402. The lowest BCUT2D eigenvalue weighted by Gasteiger charge is -2.33. The van der Waals surface area contributed by atoms with Gasteiger partial charge in [-0.05, 0) is 41.5 Å². The Kier molecular flexibility index (Phi) is 5.98. The summed E-state index contributed by atoms with van der Waals surface area (Å²) in [4.78, 5) is 0. The molecule has 3 rings (SSSR count). The molecule has 0 aliphatic heterocycles. The summed E-state index contributed by atoms with van der Waals surface area (Å²) < 4.78 is 34.0. The monoisotopic (exact) mass is 492 g/mol. The molecule has 3 N–H and O–H groups in total. The van der Waals surface area contributed by atoms with E-state index >= 15 is 0 Å². The highest BCUT2D eigenvalue weighted by molar-refractivity contribution is 7.87. The van der Waals surface area contributed by atoms with Crippen LogP contribution in [0, 0.1) is 0 Å². The van der Waals surface area contributed by atoms with Gasteiger partial charge in [-0.1, -0.05) is 70.7 Å². The fraction of sp³-hybridized carbons (Fsp3) is 0.0526. The summed E-state index contributed by atoms with van der Waals surface area (Å²) in [5, 5.41) is 19.8. The van der Waals surface area contributed by atoms with E-state index < -0.39 is 31.4 Å². The van der Waals surface area contributed by atoms with E-state index in [2.05, 4.69) is 0 Å². The third-order valence-corrected chi connectivity index (χ3v) is 7.25. The predicted octanol–water partition coefficient (Wildman–Crippen LogP) is 5.89. The first kappa shape index (κ1) is 22.0. The van der Waals surface area contributed by atoms with E-state index in [1.54, 1.807) is 0 Å². The zero-order chi connectivity index (χ0) is 21.6. The van der Waals surface area contributed by atoms with Gasteiger partial charge < -0.3 is 10.2 Å². The molecule has 0 amide bonds. The van der Waals surface area contributed by atoms with Crippen molar-refractivity contribution in [3.05, 3.63) is 91.4 Å². The van der Waals surface area contributed by atoms with Crippen LogP contribution in [0.5, 0.6) is 11.5 Å². The fourth-order valence-corrected chi connectivity index (χ4v) is 5.24. The Hall–Kier alpha value is -1.67. The van der Waals surface area contributed by atoms with Crippen molar-refractivity contribution in [2.75, 3.05) is 0 Å². The molecular formula is C19H12Cl4O5S. The van der Waals surface area contributed by atoms with Crippen LogP contribution in [-0.2, 0) is 14.9 Å². The first-order valence-corrected chi connectivity index (χ1v) is 10.8. The van der Waals surface area contributed by atoms with Crippen LogP contribution in [0.4, 0.5) is 0 Å². The van der Waals surface area contributed by atoms with Crippen LogP contribution in [-0.4, -0.2) is 23.2 Å². The molecule has 0 radical (unpaired) electrons. The Bertz CT molecular complexity index is 1130. The number of benzene rings is 3. The van der Waals surface area contributed by atoms with Crippen molar-refractivity contribution in [2.45, 2.75) is 4.75 Å². The summed E-state index contributed by atoms with van der Waals surface area (Å²) in [6.07, 6.45) is 0. The lowest BCUT2D eigenvalue weighted by Crippen LogP contribution is -2.38. The largest absolute Gasteiger partial charge is 0.504 e. The van der Waals surface area contributed by atoms with Crippen LogP contribution in [0.25, 0.3) is 0 Å². The van der Waals surface area contributed by atoms with E-state index in [1.165, 1.54) is 48.5 Å². The Labute approximate surface area is 186 Å². The van der Waals surface area contributed by atoms with Crippen molar-refractivity contribution in [3.63, 3.8) is 0 Å². The van der Waals surface area contributed by atoms with Crippen molar-refractivity contribution < 1.29 is 23.2 Å². The Balaban J connectivity index is 2.57. The number of aromatic hydroxyl groups is 2. The average Bonchev–Trinajstić information content (AvgIpc) is 2.66. The van der Waals surface area contributed by atoms with Crippen LogP contribution in [0.1, 0.15) is 16.7 Å². The standard InChI is InChI=1S/C19H12Cl4O5S/c20-12-5-1-10(2-6-12)19(29(26,27)28,11-3-7-13(21)8-4-11)14-9-15(24)18(25)17(23)16(14)22/h1-9,24-25H,(H,26,27,28). The average molecular weight is 494 g/mol. The molecule has 0 atom stereocenters. The van der Waals surface area contributed by atoms with E-state index in [-0.39, 0.29) is 21.7 Å². The number of halogens is 4. The molecule has 0 aliphatic carbocycles. The minimum absolute atomic E-state index is 0.0646. The van der Waals surface area contributed by atoms with E-state index in [0.29, 0.717) is 10.0 Å². The van der Waals surface area contributed by atoms with Gasteiger partial charge in [0, 0.05) is 15.6 Å². The van der Waals surface area contributed by atoms with Crippen molar-refractivity contribution in [2.24, 2.45) is 0 Å². The van der Waals surface area contributed by atoms with Crippen LogP contribution < -0.4 is 0 Å². The lowest BCUT2D eigenvalue weighted by atomic mass is 9.83. The number of phenols is 2. The molecule has 29 heavy (non-hydrogen) atoms. The van der Waals surface area contributed by atoms with Gasteiger partial charge in [0.2, 0.25) is 0 Å². The molecule has 10 heteroatoms. The maximum Gasteiger partial charge on any atom is 0.283 e. The quantitative estimate of drug-likeness (QED) is 0.239. The molecule has 0 saturated heterocycles. The molecule has 3 aromatic carbocycles. The molecule has 0 bridgehead atoms. The van der Waals surface area contributed by atoms with Crippen LogP contribution >= 0.6 is 46.4 Å². The summed E-state index contributed by atoms with van der Waals surface area (Å²) in [6.45, 7) is 0. The highest BCUT2D eigenvalue weighted by atomic mass is 35.5. The summed E-state index contributed by atoms with van der Waals surface area (Å²) in [5.41, 5.74) is -0.142. The number of hydrogen-bond donors (Lipinski definition) is 3. The van der Waals surface area contributed by atoms with Gasteiger partial charge in [-0.25, -0.2) is 0 Å². The van der Waals surface area contributed by atoms with E-state index in [0.717, 1.165) is 6.07 Å². The fourth-order valence-electron chi connectivity index (χ4n) is 3.14. The van der Waals surface area contributed by atoms with Crippen LogP contribution in [0.15, 0.2) is 54.6 Å². The molecular weight excluding hydrogens is 482 g/mol. The summed E-state index contributed by atoms with van der Waals surface area (Å²) in [7, 11) is -5.00. The maximum absolute atomic E-state index is 12.9.